The molecular weight excluding hydrogens is 370 g/mol. The summed E-state index contributed by atoms with van der Waals surface area (Å²) in [6.45, 7) is 3.77. The molecule has 0 aromatic carbocycles. The number of hydrogen-bond acceptors (Lipinski definition) is 8. The molecule has 0 aliphatic carbocycles. The Kier molecular flexibility index (Phi) is 15.2. The second-order valence-electron chi connectivity index (χ2n) is 7.14. The summed E-state index contributed by atoms with van der Waals surface area (Å²) in [5.41, 5.74) is 0. The van der Waals surface area contributed by atoms with Crippen LogP contribution in [-0.4, -0.2) is 81.6 Å². The van der Waals surface area contributed by atoms with E-state index in [1.165, 1.54) is 0 Å². The normalized spacial score (nSPS) is 16.8. The Labute approximate surface area is 166 Å². The minimum Gasteiger partial charge on any atom is -0.396 e. The third-order valence-corrected chi connectivity index (χ3v) is 4.63. The number of Topliss-reactive ketones (excluding diaryl/α,β-unsaturated/α-hetero) is 1. The molecule has 6 N–H and O–H groups in total. The second-order valence-corrected chi connectivity index (χ2v) is 7.14. The van der Waals surface area contributed by atoms with Crippen LogP contribution in [0.4, 0.5) is 0 Å². The van der Waals surface area contributed by atoms with Gasteiger partial charge in [-0.2, -0.15) is 0 Å². The van der Waals surface area contributed by atoms with E-state index in [4.69, 9.17) is 9.84 Å². The molecule has 166 valence electrons. The SMILES string of the molecule is CC(=O)[C@H](C)CCCCNC(=O)CCCCOC(O)C(O)C(O)C(O)CCO. The van der Waals surface area contributed by atoms with Crippen molar-refractivity contribution in [2.75, 3.05) is 19.8 Å². The van der Waals surface area contributed by atoms with Crippen LogP contribution in [0.25, 0.3) is 0 Å². The molecule has 0 fully saturated rings. The van der Waals surface area contributed by atoms with Crippen LogP contribution >= 0.6 is 0 Å². The van der Waals surface area contributed by atoms with Crippen LogP contribution < -0.4 is 5.32 Å². The van der Waals surface area contributed by atoms with Crippen molar-refractivity contribution in [3.05, 3.63) is 0 Å². The first kappa shape index (κ1) is 26.9. The Morgan fingerprint density at radius 3 is 2.25 bits per heavy atom. The van der Waals surface area contributed by atoms with Gasteiger partial charge in [0.15, 0.2) is 6.29 Å². The van der Waals surface area contributed by atoms with Crippen LogP contribution in [0.1, 0.15) is 58.8 Å². The van der Waals surface area contributed by atoms with E-state index in [2.05, 4.69) is 5.32 Å². The molecule has 5 atom stereocenters. The average molecular weight is 408 g/mol. The van der Waals surface area contributed by atoms with Crippen molar-refractivity contribution in [2.45, 2.75) is 83.4 Å². The van der Waals surface area contributed by atoms with Crippen LogP contribution in [0.3, 0.4) is 0 Å². The van der Waals surface area contributed by atoms with Gasteiger partial charge in [-0.1, -0.05) is 13.3 Å². The van der Waals surface area contributed by atoms with E-state index in [9.17, 15) is 30.0 Å². The first-order valence-electron chi connectivity index (χ1n) is 9.92. The van der Waals surface area contributed by atoms with Gasteiger partial charge in [-0.05, 0) is 39.0 Å². The summed E-state index contributed by atoms with van der Waals surface area (Å²) in [6, 6.07) is 0. The number of unbranched alkanes of at least 4 members (excludes halogenated alkanes) is 2. The molecule has 9 heteroatoms. The number of hydrogen-bond donors (Lipinski definition) is 6. The molecule has 28 heavy (non-hydrogen) atoms. The lowest BCUT2D eigenvalue weighted by atomic mass is 10.0. The summed E-state index contributed by atoms with van der Waals surface area (Å²) < 4.78 is 5.00. The molecule has 0 heterocycles. The van der Waals surface area contributed by atoms with Crippen LogP contribution in [0.15, 0.2) is 0 Å². The van der Waals surface area contributed by atoms with Crippen molar-refractivity contribution in [3.63, 3.8) is 0 Å². The van der Waals surface area contributed by atoms with Crippen molar-refractivity contribution >= 4 is 11.7 Å². The Hall–Kier alpha value is -1.10. The molecule has 0 aromatic heterocycles. The first-order valence-corrected chi connectivity index (χ1v) is 9.92. The lowest BCUT2D eigenvalue weighted by Gasteiger charge is -2.26. The number of ether oxygens (including phenoxy) is 1. The number of ketones is 1. The monoisotopic (exact) mass is 407 g/mol. The summed E-state index contributed by atoms with van der Waals surface area (Å²) >= 11 is 0. The van der Waals surface area contributed by atoms with Gasteiger partial charge in [-0.25, -0.2) is 0 Å². The number of amides is 1. The first-order chi connectivity index (χ1) is 13.2. The van der Waals surface area contributed by atoms with Gasteiger partial charge in [0.1, 0.15) is 18.0 Å². The summed E-state index contributed by atoms with van der Waals surface area (Å²) in [6.07, 6.45) is -2.66. The van der Waals surface area contributed by atoms with Gasteiger partial charge in [0.25, 0.3) is 0 Å². The van der Waals surface area contributed by atoms with E-state index < -0.39 is 24.6 Å². The predicted octanol–water partition coefficient (Wildman–Crippen LogP) is -0.532. The zero-order valence-corrected chi connectivity index (χ0v) is 16.9. The van der Waals surface area contributed by atoms with Gasteiger partial charge in [0, 0.05) is 32.1 Å². The van der Waals surface area contributed by atoms with E-state index in [0.717, 1.165) is 19.3 Å². The Balaban J connectivity index is 3.73. The van der Waals surface area contributed by atoms with Crippen molar-refractivity contribution in [1.82, 2.24) is 5.32 Å². The van der Waals surface area contributed by atoms with Gasteiger partial charge in [0.2, 0.25) is 5.91 Å². The lowest BCUT2D eigenvalue weighted by molar-refractivity contribution is -0.203. The van der Waals surface area contributed by atoms with Crippen LogP contribution in [0.5, 0.6) is 0 Å². The Morgan fingerprint density at radius 1 is 0.964 bits per heavy atom. The zero-order valence-electron chi connectivity index (χ0n) is 16.9. The van der Waals surface area contributed by atoms with E-state index >= 15 is 0 Å². The molecule has 0 aromatic rings. The smallest absolute Gasteiger partial charge is 0.219 e. The fourth-order valence-corrected chi connectivity index (χ4v) is 2.48. The molecule has 0 radical (unpaired) electrons. The highest BCUT2D eigenvalue weighted by molar-refractivity contribution is 5.77. The Morgan fingerprint density at radius 2 is 1.64 bits per heavy atom. The molecule has 0 saturated heterocycles. The fourth-order valence-electron chi connectivity index (χ4n) is 2.48. The average Bonchev–Trinajstić information content (AvgIpc) is 2.65. The topological polar surface area (TPSA) is 157 Å². The molecule has 9 nitrogen and oxygen atoms in total. The molecule has 1 amide bonds. The van der Waals surface area contributed by atoms with Gasteiger partial charge in [-0.3, -0.25) is 9.59 Å². The van der Waals surface area contributed by atoms with Crippen molar-refractivity contribution in [1.29, 1.82) is 0 Å². The number of aliphatic hydroxyl groups is 5. The van der Waals surface area contributed by atoms with E-state index in [1.807, 2.05) is 6.92 Å². The molecule has 0 bridgehead atoms. The lowest BCUT2D eigenvalue weighted by Crippen LogP contribution is -2.45. The van der Waals surface area contributed by atoms with Crippen molar-refractivity contribution < 1.29 is 39.9 Å². The highest BCUT2D eigenvalue weighted by Gasteiger charge is 2.30. The highest BCUT2D eigenvalue weighted by atomic mass is 16.6. The minimum absolute atomic E-state index is 0.0589. The third-order valence-electron chi connectivity index (χ3n) is 4.63. The van der Waals surface area contributed by atoms with Crippen molar-refractivity contribution in [3.8, 4) is 0 Å². The van der Waals surface area contributed by atoms with Crippen LogP contribution in [0.2, 0.25) is 0 Å². The molecule has 4 unspecified atom stereocenters. The summed E-state index contributed by atoms with van der Waals surface area (Å²) in [5, 5.41) is 49.9. The standard InChI is InChI=1S/C19H37NO8/c1-13(14(2)22)7-3-5-10-20-16(24)8-4-6-12-28-19(27)18(26)17(25)15(23)9-11-21/h13,15,17-19,21,23,25-27H,3-12H2,1-2H3,(H,20,24)/t13-,15?,17?,18?,19?/m1/s1. The maximum absolute atomic E-state index is 11.7. The molecule has 0 aliphatic heterocycles. The number of rotatable bonds is 17. The summed E-state index contributed by atoms with van der Waals surface area (Å²) in [5.74, 6) is 0.158. The highest BCUT2D eigenvalue weighted by Crippen LogP contribution is 2.10. The van der Waals surface area contributed by atoms with Gasteiger partial charge in [-0.15, -0.1) is 0 Å². The van der Waals surface area contributed by atoms with E-state index in [0.29, 0.717) is 25.8 Å². The molecule has 0 spiro atoms. The molecule has 0 rings (SSSR count). The second kappa shape index (κ2) is 15.8. The number of carbonyl (C=O) groups excluding carboxylic acids is 2. The number of carbonyl (C=O) groups is 2. The van der Waals surface area contributed by atoms with Gasteiger partial charge < -0.3 is 35.6 Å². The maximum Gasteiger partial charge on any atom is 0.219 e. The molecule has 0 saturated carbocycles. The van der Waals surface area contributed by atoms with E-state index in [-0.39, 0.29) is 37.2 Å². The van der Waals surface area contributed by atoms with Gasteiger partial charge in [0.05, 0.1) is 6.10 Å². The zero-order chi connectivity index (χ0) is 21.5. The summed E-state index contributed by atoms with van der Waals surface area (Å²) in [4.78, 5) is 22.8. The minimum atomic E-state index is -1.70. The molecular formula is C19H37NO8. The fraction of sp³-hybridized carbons (Fsp3) is 0.895. The Bertz CT molecular complexity index is 434. The predicted molar refractivity (Wildman–Crippen MR) is 102 cm³/mol. The van der Waals surface area contributed by atoms with Crippen LogP contribution in [-0.2, 0) is 14.3 Å². The largest absolute Gasteiger partial charge is 0.396 e. The number of nitrogens with one attached hydrogen (secondary N) is 1. The molecule has 0 aliphatic rings. The van der Waals surface area contributed by atoms with Gasteiger partial charge >= 0.3 is 0 Å². The third kappa shape index (κ3) is 12.4. The van der Waals surface area contributed by atoms with Crippen LogP contribution in [0, 0.1) is 5.92 Å². The number of aliphatic hydroxyl groups excluding tert-OH is 5. The maximum atomic E-state index is 11.7. The van der Waals surface area contributed by atoms with Crippen molar-refractivity contribution in [2.24, 2.45) is 5.92 Å². The summed E-state index contributed by atoms with van der Waals surface area (Å²) in [7, 11) is 0. The quantitative estimate of drug-likeness (QED) is 0.139. The van der Waals surface area contributed by atoms with E-state index in [1.54, 1.807) is 6.92 Å².